The molecule has 3 atom stereocenters. The number of nitrogens with one attached hydrogen (secondary N) is 4. The Labute approximate surface area is 429 Å². The number of aliphatic hydroxyl groups is 1. The van der Waals surface area contributed by atoms with Gasteiger partial charge in [-0.3, -0.25) is 25.1 Å². The van der Waals surface area contributed by atoms with Gasteiger partial charge in [0.1, 0.15) is 11.8 Å². The van der Waals surface area contributed by atoms with Crippen molar-refractivity contribution in [1.29, 1.82) is 0 Å². The zero-order valence-corrected chi connectivity index (χ0v) is 42.7. The van der Waals surface area contributed by atoms with Crippen molar-refractivity contribution in [2.24, 2.45) is 5.73 Å². The number of nitrogens with two attached hydrogens (primary N) is 1. The summed E-state index contributed by atoms with van der Waals surface area (Å²) in [5, 5.41) is 42.8. The first-order valence-corrected chi connectivity index (χ1v) is 20.5. The van der Waals surface area contributed by atoms with E-state index in [1.165, 1.54) is 0 Å². The van der Waals surface area contributed by atoms with Crippen molar-refractivity contribution < 1.29 is 119 Å². The van der Waals surface area contributed by atoms with Gasteiger partial charge >= 0.3 is 5.97 Å². The molecular weight excluding hydrogens is 1000 g/mol. The van der Waals surface area contributed by atoms with Crippen LogP contribution in [-0.2, 0) is 115 Å². The minimum Gasteiger partial charge on any atom is -0.674 e. The fourth-order valence-corrected chi connectivity index (χ4v) is 6.62. The van der Waals surface area contributed by atoms with Crippen molar-refractivity contribution in [3.8, 4) is 5.75 Å². The SMILES string of the molecule is C=CCCC(C(=O)NC)N1Cc2cc(C[NH-])ccc2C1=O.CN(O)CCOCCc1ccc(NO)cc1Cl.NCCC(=O)Nc1cc(CO)ccc1OC1CCCC(C(=O)O)O1.[Y].[Y]. The van der Waals surface area contributed by atoms with Crippen LogP contribution in [0.1, 0.15) is 71.1 Å². The Bertz CT molecular complexity index is 1950. The molecule has 64 heavy (non-hydrogen) atoms. The van der Waals surface area contributed by atoms with E-state index < -0.39 is 24.4 Å². The molecule has 18 nitrogen and oxygen atoms in total. The van der Waals surface area contributed by atoms with Crippen molar-refractivity contribution in [2.45, 2.75) is 83.1 Å². The predicted octanol–water partition coefficient (Wildman–Crippen LogP) is 5.12. The van der Waals surface area contributed by atoms with Gasteiger partial charge in [-0.25, -0.2) is 4.79 Å². The number of hydrogen-bond donors (Lipinski definition) is 8. The molecule has 0 aromatic heterocycles. The molecule has 0 saturated carbocycles. The molecular formula is C43H59ClN7O11Y2-. The Hall–Kier alpha value is -2.94. The van der Waals surface area contributed by atoms with Crippen molar-refractivity contribution in [3.63, 3.8) is 0 Å². The fourth-order valence-electron chi connectivity index (χ4n) is 6.35. The second-order valence-electron chi connectivity index (χ2n) is 14.3. The van der Waals surface area contributed by atoms with Gasteiger partial charge in [-0.2, -0.15) is 5.06 Å². The molecule has 3 aromatic rings. The van der Waals surface area contributed by atoms with E-state index in [1.807, 2.05) is 17.6 Å². The first-order chi connectivity index (χ1) is 29.8. The number of halogens is 1. The summed E-state index contributed by atoms with van der Waals surface area (Å²) < 4.78 is 16.5. The molecule has 0 spiro atoms. The van der Waals surface area contributed by atoms with Gasteiger partial charge in [0.05, 0.1) is 31.2 Å². The monoisotopic (exact) mass is 1060 g/mol. The summed E-state index contributed by atoms with van der Waals surface area (Å²) in [7, 11) is 3.15. The van der Waals surface area contributed by atoms with Crippen LogP contribution in [0.3, 0.4) is 0 Å². The van der Waals surface area contributed by atoms with Crippen LogP contribution in [0.4, 0.5) is 11.4 Å². The third-order valence-electron chi connectivity index (χ3n) is 9.66. The number of likely N-dealkylation sites (N-methyl/N-ethyl adjacent to an activating group) is 2. The Morgan fingerprint density at radius 1 is 1.11 bits per heavy atom. The molecule has 1 fully saturated rings. The fraction of sp³-hybridized carbons (Fsp3) is 0.442. The molecule has 2 aliphatic heterocycles. The van der Waals surface area contributed by atoms with Gasteiger partial charge in [0.15, 0.2) is 6.10 Å². The number of anilines is 2. The summed E-state index contributed by atoms with van der Waals surface area (Å²) >= 11 is 6.02. The number of fused-ring (bicyclic) bond motifs is 1. The second kappa shape index (κ2) is 31.9. The van der Waals surface area contributed by atoms with Crippen LogP contribution in [0.5, 0.6) is 5.75 Å². The first-order valence-electron chi connectivity index (χ1n) is 20.1. The Morgan fingerprint density at radius 3 is 2.45 bits per heavy atom. The molecule has 2 radical (unpaired) electrons. The molecule has 5 rings (SSSR count). The summed E-state index contributed by atoms with van der Waals surface area (Å²) in [4.78, 5) is 49.0. The molecule has 3 aromatic carbocycles. The van der Waals surface area contributed by atoms with Crippen molar-refractivity contribution in [2.75, 3.05) is 51.2 Å². The van der Waals surface area contributed by atoms with Gasteiger partial charge in [0.2, 0.25) is 18.1 Å². The Balaban J connectivity index is 0.000000479. The van der Waals surface area contributed by atoms with Crippen molar-refractivity contribution in [1.82, 2.24) is 15.3 Å². The summed E-state index contributed by atoms with van der Waals surface area (Å²) in [6, 6.07) is 15.1. The normalized spacial score (nSPS) is 15.4. The van der Waals surface area contributed by atoms with Crippen LogP contribution in [0, 0.1) is 0 Å². The van der Waals surface area contributed by atoms with Gasteiger partial charge in [-0.05, 0) is 79.1 Å². The number of carboxylic acids is 1. The van der Waals surface area contributed by atoms with E-state index in [2.05, 4.69) is 17.2 Å². The summed E-state index contributed by atoms with van der Waals surface area (Å²) in [5.41, 5.74) is 19.7. The second-order valence-corrected chi connectivity index (χ2v) is 14.7. The van der Waals surface area contributed by atoms with E-state index in [-0.39, 0.29) is 109 Å². The predicted molar refractivity (Wildman–Crippen MR) is 233 cm³/mol. The van der Waals surface area contributed by atoms with Gasteiger partial charge in [-0.15, -0.1) is 13.1 Å². The zero-order valence-electron chi connectivity index (χ0n) is 36.3. The van der Waals surface area contributed by atoms with Crippen molar-refractivity contribution >= 4 is 46.7 Å². The van der Waals surface area contributed by atoms with E-state index in [4.69, 9.17) is 52.8 Å². The number of rotatable bonds is 20. The van der Waals surface area contributed by atoms with Gasteiger partial charge < -0.3 is 56.6 Å². The third-order valence-corrected chi connectivity index (χ3v) is 10.0. The summed E-state index contributed by atoms with van der Waals surface area (Å²) in [6.45, 7) is 5.81. The number of carboxylic acid groups (broad SMARTS) is 1. The standard InChI is InChI=1S/C16H20N3O2.C16H22N2O6.C11H17ClN2O3.2Y/c1-3-4-5-14(15(20)18-2)19-10-12-8-11(9-17)6-7-13(12)16(19)21;17-7-6-14(20)18-11-8-10(9-19)4-5-12(11)23-15-3-1-2-13(24-15)16(21)22;1-14(16)5-7-17-6-4-9-2-3-10(13-15)8-11(9)12;;/h3,6-8,14,17H,1,4-5,9-10H2,2H3,(H,18,20);4-5,8,13,15,19H,1-3,6-7,9,17H2,(H,18,20)(H,21,22);2-3,8,13,15-16H,4-7H2,1H3;;/q-1;;;;. The molecule has 3 unspecified atom stereocenters. The maximum Gasteiger partial charge on any atom is 0.332 e. The number of amides is 3. The van der Waals surface area contributed by atoms with Crippen molar-refractivity contribution in [3.05, 3.63) is 106 Å². The maximum atomic E-state index is 12.5. The van der Waals surface area contributed by atoms with Crippen LogP contribution in [0.25, 0.3) is 5.73 Å². The van der Waals surface area contributed by atoms with Crippen LogP contribution in [0.2, 0.25) is 5.02 Å². The maximum absolute atomic E-state index is 12.5. The van der Waals surface area contributed by atoms with Gasteiger partial charge in [-0.1, -0.05) is 47.5 Å². The summed E-state index contributed by atoms with van der Waals surface area (Å²) in [5.74, 6) is -1.20. The Kier molecular flexibility index (Phi) is 29.4. The number of nitrogens with zero attached hydrogens (tertiary/aromatic N) is 2. The van der Waals surface area contributed by atoms with Gasteiger partial charge in [0, 0.05) is 123 Å². The number of aliphatic hydroxyl groups excluding tert-OH is 1. The van der Waals surface area contributed by atoms with Crippen LogP contribution in [-0.4, -0.2) is 113 Å². The number of aliphatic carboxylic acids is 1. The number of hydrogen-bond acceptors (Lipinski definition) is 13. The smallest absolute Gasteiger partial charge is 0.332 e. The molecule has 10 N–H and O–H groups in total. The average Bonchev–Trinajstić information content (AvgIpc) is 3.59. The average molecular weight is 1060 g/mol. The van der Waals surface area contributed by atoms with Gasteiger partial charge in [0.25, 0.3) is 5.91 Å². The van der Waals surface area contributed by atoms with E-state index in [0.29, 0.717) is 98.1 Å². The largest absolute Gasteiger partial charge is 0.674 e. The van der Waals surface area contributed by atoms with Crippen LogP contribution < -0.4 is 26.6 Å². The number of carbonyl (C=O) groups excluding carboxylic acids is 3. The molecule has 346 valence electrons. The first kappa shape index (κ1) is 59.1. The molecule has 0 aliphatic carbocycles. The number of benzene rings is 3. The quantitative estimate of drug-likeness (QED) is 0.0415. The van der Waals surface area contributed by atoms with E-state index in [1.54, 1.807) is 67.5 Å². The molecule has 0 bridgehead atoms. The number of hydroxylamine groups is 2. The minimum absolute atomic E-state index is 0. The molecule has 2 aliphatic rings. The number of ether oxygens (including phenoxy) is 3. The number of carbonyl (C=O) groups is 4. The van der Waals surface area contributed by atoms with Crippen LogP contribution in [0.15, 0.2) is 67.3 Å². The minimum atomic E-state index is -1.02. The molecule has 2 heterocycles. The summed E-state index contributed by atoms with van der Waals surface area (Å²) in [6.07, 6.45) is 3.92. The third kappa shape index (κ3) is 19.5. The topological polar surface area (TPSA) is 269 Å². The van der Waals surface area contributed by atoms with E-state index in [0.717, 1.165) is 21.8 Å². The number of allylic oxidation sites excluding steroid dienone is 1. The Morgan fingerprint density at radius 2 is 1.84 bits per heavy atom. The molecule has 21 heteroatoms. The van der Waals surface area contributed by atoms with E-state index >= 15 is 0 Å². The zero-order chi connectivity index (χ0) is 45.6. The van der Waals surface area contributed by atoms with Crippen LogP contribution >= 0.6 is 11.6 Å². The van der Waals surface area contributed by atoms with E-state index in [9.17, 15) is 24.3 Å². The molecule has 1 saturated heterocycles. The molecule has 3 amide bonds.